The van der Waals surface area contributed by atoms with Crippen molar-refractivity contribution in [3.63, 3.8) is 0 Å². The number of ether oxygens (including phenoxy) is 1. The zero-order chi connectivity index (χ0) is 12.0. The number of rotatable bonds is 6. The van der Waals surface area contributed by atoms with Gasteiger partial charge in [-0.2, -0.15) is 0 Å². The van der Waals surface area contributed by atoms with Gasteiger partial charge in [0.2, 0.25) is 0 Å². The number of halogens is 1. The van der Waals surface area contributed by atoms with Gasteiger partial charge < -0.3 is 10.5 Å². The Morgan fingerprint density at radius 1 is 1.50 bits per heavy atom. The van der Waals surface area contributed by atoms with Crippen LogP contribution >= 0.6 is 11.6 Å². The molecule has 0 aliphatic rings. The molecule has 16 heavy (non-hydrogen) atoms. The lowest BCUT2D eigenvalue weighted by atomic mass is 10.2. The molecule has 90 valence electrons. The summed E-state index contributed by atoms with van der Waals surface area (Å²) in [5.41, 5.74) is 6.62. The Balaban J connectivity index is 2.49. The third-order valence-corrected chi connectivity index (χ3v) is 3.86. The van der Waals surface area contributed by atoms with Crippen molar-refractivity contribution in [2.45, 2.75) is 11.8 Å². The lowest BCUT2D eigenvalue weighted by molar-refractivity contribution is 0.186. The van der Waals surface area contributed by atoms with Crippen LogP contribution in [0.15, 0.2) is 24.3 Å². The first kappa shape index (κ1) is 13.6. The molecular formula is C11H16ClNO2S. The standard InChI is InChI=1S/C11H16ClNO2S/c1-15-6-10(13)8-16(14)7-9-4-2-3-5-11(9)12/h2-5,10H,6-8,13H2,1H3. The number of hydrogen-bond donors (Lipinski definition) is 1. The molecule has 0 aromatic heterocycles. The van der Waals surface area contributed by atoms with Crippen LogP contribution in [0.4, 0.5) is 0 Å². The summed E-state index contributed by atoms with van der Waals surface area (Å²) in [6, 6.07) is 7.22. The quantitative estimate of drug-likeness (QED) is 0.846. The zero-order valence-electron chi connectivity index (χ0n) is 9.19. The summed E-state index contributed by atoms with van der Waals surface area (Å²) in [6.07, 6.45) is 0. The van der Waals surface area contributed by atoms with E-state index in [1.165, 1.54) is 0 Å². The van der Waals surface area contributed by atoms with Crippen LogP contribution in [0.3, 0.4) is 0 Å². The molecule has 0 heterocycles. The van der Waals surface area contributed by atoms with E-state index in [0.29, 0.717) is 23.1 Å². The van der Waals surface area contributed by atoms with Crippen LogP contribution in [0, 0.1) is 0 Å². The molecule has 5 heteroatoms. The lowest BCUT2D eigenvalue weighted by Gasteiger charge is -2.10. The summed E-state index contributed by atoms with van der Waals surface area (Å²) in [5, 5.41) is 0.649. The molecule has 0 fully saturated rings. The molecule has 2 atom stereocenters. The minimum absolute atomic E-state index is 0.187. The molecule has 0 amide bonds. The maximum Gasteiger partial charge on any atom is 0.0622 e. The Labute approximate surface area is 103 Å². The second-order valence-corrected chi connectivity index (χ2v) is 5.47. The van der Waals surface area contributed by atoms with Gasteiger partial charge in [0, 0.05) is 34.7 Å². The fourth-order valence-corrected chi connectivity index (χ4v) is 2.92. The van der Waals surface area contributed by atoms with Gasteiger partial charge in [0.15, 0.2) is 0 Å². The molecule has 3 nitrogen and oxygen atoms in total. The largest absolute Gasteiger partial charge is 0.383 e. The molecule has 0 saturated heterocycles. The maximum atomic E-state index is 11.8. The van der Waals surface area contributed by atoms with Gasteiger partial charge in [-0.3, -0.25) is 4.21 Å². The minimum atomic E-state index is -1.00. The molecular weight excluding hydrogens is 246 g/mol. The van der Waals surface area contributed by atoms with Gasteiger partial charge in [-0.05, 0) is 11.6 Å². The van der Waals surface area contributed by atoms with E-state index < -0.39 is 10.8 Å². The Bertz CT molecular complexity index is 360. The molecule has 0 aliphatic carbocycles. The number of benzene rings is 1. The van der Waals surface area contributed by atoms with Crippen molar-refractivity contribution in [2.24, 2.45) is 5.73 Å². The molecule has 0 saturated carbocycles. The van der Waals surface area contributed by atoms with Crippen molar-refractivity contribution in [3.8, 4) is 0 Å². The molecule has 2 N–H and O–H groups in total. The third kappa shape index (κ3) is 4.61. The Morgan fingerprint density at radius 3 is 2.81 bits per heavy atom. The van der Waals surface area contributed by atoms with Gasteiger partial charge in [-0.15, -0.1) is 0 Å². The predicted octanol–water partition coefficient (Wildman–Crippen LogP) is 1.56. The Hall–Kier alpha value is -0.420. The highest BCUT2D eigenvalue weighted by atomic mass is 35.5. The highest BCUT2D eigenvalue weighted by Crippen LogP contribution is 2.16. The lowest BCUT2D eigenvalue weighted by Crippen LogP contribution is -2.32. The second-order valence-electron chi connectivity index (χ2n) is 3.56. The Morgan fingerprint density at radius 2 is 2.19 bits per heavy atom. The van der Waals surface area contributed by atoms with Crippen LogP contribution in [-0.2, 0) is 21.3 Å². The topological polar surface area (TPSA) is 52.3 Å². The van der Waals surface area contributed by atoms with Crippen LogP contribution in [-0.4, -0.2) is 29.7 Å². The van der Waals surface area contributed by atoms with Crippen LogP contribution in [0.2, 0.25) is 5.02 Å². The van der Waals surface area contributed by atoms with Crippen molar-refractivity contribution in [3.05, 3.63) is 34.9 Å². The van der Waals surface area contributed by atoms with Gasteiger partial charge in [-0.25, -0.2) is 0 Å². The van der Waals surface area contributed by atoms with Crippen LogP contribution < -0.4 is 5.73 Å². The molecule has 1 aromatic rings. The zero-order valence-corrected chi connectivity index (χ0v) is 10.8. The van der Waals surface area contributed by atoms with Gasteiger partial charge >= 0.3 is 0 Å². The van der Waals surface area contributed by atoms with Gasteiger partial charge in [-0.1, -0.05) is 29.8 Å². The van der Waals surface area contributed by atoms with Crippen molar-refractivity contribution in [1.82, 2.24) is 0 Å². The van der Waals surface area contributed by atoms with Crippen LogP contribution in [0.1, 0.15) is 5.56 Å². The summed E-state index contributed by atoms with van der Waals surface area (Å²) < 4.78 is 16.7. The van der Waals surface area contributed by atoms with Gasteiger partial charge in [0.25, 0.3) is 0 Å². The third-order valence-electron chi connectivity index (χ3n) is 2.06. The maximum absolute atomic E-state index is 11.8. The average molecular weight is 262 g/mol. The molecule has 0 aliphatic heterocycles. The minimum Gasteiger partial charge on any atom is -0.383 e. The summed E-state index contributed by atoms with van der Waals surface area (Å²) in [7, 11) is 0.578. The van der Waals surface area contributed by atoms with Gasteiger partial charge in [0.1, 0.15) is 0 Å². The number of nitrogens with two attached hydrogens (primary N) is 1. The molecule has 0 spiro atoms. The predicted molar refractivity (Wildman–Crippen MR) is 68.0 cm³/mol. The number of methoxy groups -OCH3 is 1. The summed E-state index contributed by atoms with van der Waals surface area (Å²) >= 11 is 5.98. The van der Waals surface area contributed by atoms with Crippen molar-refractivity contribution in [2.75, 3.05) is 19.5 Å². The first-order valence-electron chi connectivity index (χ1n) is 4.96. The van der Waals surface area contributed by atoms with Crippen LogP contribution in [0.5, 0.6) is 0 Å². The van der Waals surface area contributed by atoms with Crippen LogP contribution in [0.25, 0.3) is 0 Å². The van der Waals surface area contributed by atoms with E-state index in [9.17, 15) is 4.21 Å². The van der Waals surface area contributed by atoms with Crippen molar-refractivity contribution in [1.29, 1.82) is 0 Å². The fraction of sp³-hybridized carbons (Fsp3) is 0.455. The van der Waals surface area contributed by atoms with E-state index >= 15 is 0 Å². The first-order chi connectivity index (χ1) is 7.63. The monoisotopic (exact) mass is 261 g/mol. The van der Waals surface area contributed by atoms with Gasteiger partial charge in [0.05, 0.1) is 12.4 Å². The highest BCUT2D eigenvalue weighted by molar-refractivity contribution is 7.84. The molecule has 2 unspecified atom stereocenters. The highest BCUT2D eigenvalue weighted by Gasteiger charge is 2.10. The van der Waals surface area contributed by atoms with E-state index in [-0.39, 0.29) is 6.04 Å². The van der Waals surface area contributed by atoms with E-state index in [2.05, 4.69) is 0 Å². The van der Waals surface area contributed by atoms with E-state index in [0.717, 1.165) is 5.56 Å². The summed E-state index contributed by atoms with van der Waals surface area (Å²) in [5.74, 6) is 0.871. The molecule has 1 rings (SSSR count). The normalized spacial score (nSPS) is 14.7. The smallest absolute Gasteiger partial charge is 0.0622 e. The second kappa shape index (κ2) is 7.01. The summed E-state index contributed by atoms with van der Waals surface area (Å²) in [4.78, 5) is 0. The number of hydrogen-bond acceptors (Lipinski definition) is 3. The summed E-state index contributed by atoms with van der Waals surface area (Å²) in [6.45, 7) is 0.425. The van der Waals surface area contributed by atoms with E-state index in [1.807, 2.05) is 18.2 Å². The van der Waals surface area contributed by atoms with E-state index in [4.69, 9.17) is 22.1 Å². The molecule has 1 aromatic carbocycles. The Kier molecular flexibility index (Phi) is 5.98. The SMILES string of the molecule is COCC(N)CS(=O)Cc1ccccc1Cl. The molecule has 0 radical (unpaired) electrons. The first-order valence-corrected chi connectivity index (χ1v) is 6.83. The fourth-order valence-electron chi connectivity index (χ4n) is 1.35. The molecule has 0 bridgehead atoms. The van der Waals surface area contributed by atoms with Crippen molar-refractivity contribution < 1.29 is 8.95 Å². The van der Waals surface area contributed by atoms with E-state index in [1.54, 1.807) is 13.2 Å². The van der Waals surface area contributed by atoms with Crippen molar-refractivity contribution >= 4 is 22.4 Å². The average Bonchev–Trinajstić information content (AvgIpc) is 2.21.